The van der Waals surface area contributed by atoms with Crippen LogP contribution in [0.4, 0.5) is 0 Å². The van der Waals surface area contributed by atoms with Crippen LogP contribution in [0.5, 0.6) is 0 Å². The van der Waals surface area contributed by atoms with Gasteiger partial charge >= 0.3 is 0 Å². The van der Waals surface area contributed by atoms with Crippen molar-refractivity contribution in [3.63, 3.8) is 0 Å². The largest absolute Gasteiger partial charge is 0.330 e. The van der Waals surface area contributed by atoms with Gasteiger partial charge in [0.2, 0.25) is 0 Å². The Morgan fingerprint density at radius 1 is 0.895 bits per heavy atom. The number of nitrogens with two attached hydrogens (primary N) is 1. The SMILES string of the molecule is NCC1(CN2CCC(CN3CCCC3)CC2)CCC1. The van der Waals surface area contributed by atoms with Gasteiger partial charge in [0, 0.05) is 13.1 Å². The van der Waals surface area contributed by atoms with Gasteiger partial charge < -0.3 is 15.5 Å². The lowest BCUT2D eigenvalue weighted by atomic mass is 9.68. The molecule has 0 aromatic heterocycles. The highest BCUT2D eigenvalue weighted by Gasteiger charge is 2.37. The standard InChI is InChI=1S/C16H31N3/c17-13-16(6-3-7-16)14-19-10-4-15(5-11-19)12-18-8-1-2-9-18/h15H,1-14,17H2. The Labute approximate surface area is 118 Å². The van der Waals surface area contributed by atoms with E-state index in [-0.39, 0.29) is 0 Å². The second kappa shape index (κ2) is 6.11. The van der Waals surface area contributed by atoms with Crippen LogP contribution in [-0.4, -0.2) is 55.6 Å². The van der Waals surface area contributed by atoms with E-state index in [1.165, 1.54) is 84.2 Å². The molecule has 0 aromatic rings. The van der Waals surface area contributed by atoms with Crippen molar-refractivity contribution in [2.24, 2.45) is 17.1 Å². The average molecular weight is 265 g/mol. The van der Waals surface area contributed by atoms with Crippen LogP contribution in [0.3, 0.4) is 0 Å². The molecule has 0 atom stereocenters. The molecule has 1 aliphatic carbocycles. The number of piperidine rings is 1. The Kier molecular flexibility index (Phi) is 4.45. The third kappa shape index (κ3) is 3.32. The Morgan fingerprint density at radius 3 is 2.11 bits per heavy atom. The fourth-order valence-corrected chi connectivity index (χ4v) is 4.24. The number of nitrogens with zero attached hydrogens (tertiary/aromatic N) is 2. The molecule has 0 unspecified atom stereocenters. The van der Waals surface area contributed by atoms with E-state index in [9.17, 15) is 0 Å². The number of rotatable bonds is 5. The van der Waals surface area contributed by atoms with Crippen LogP contribution in [0, 0.1) is 11.3 Å². The minimum absolute atomic E-state index is 0.502. The molecule has 0 amide bonds. The quantitative estimate of drug-likeness (QED) is 0.824. The molecule has 0 aromatic carbocycles. The van der Waals surface area contributed by atoms with Gasteiger partial charge in [-0.3, -0.25) is 0 Å². The van der Waals surface area contributed by atoms with Crippen molar-refractivity contribution in [1.29, 1.82) is 0 Å². The fourth-order valence-electron chi connectivity index (χ4n) is 4.24. The molecule has 110 valence electrons. The van der Waals surface area contributed by atoms with E-state index in [1.807, 2.05) is 0 Å². The van der Waals surface area contributed by atoms with Crippen molar-refractivity contribution < 1.29 is 0 Å². The van der Waals surface area contributed by atoms with Crippen LogP contribution in [0.15, 0.2) is 0 Å². The summed E-state index contributed by atoms with van der Waals surface area (Å²) in [5, 5.41) is 0. The molecule has 1 saturated carbocycles. The highest BCUT2D eigenvalue weighted by Crippen LogP contribution is 2.41. The molecule has 0 bridgehead atoms. The molecular formula is C16H31N3. The van der Waals surface area contributed by atoms with Crippen LogP contribution < -0.4 is 5.73 Å². The minimum Gasteiger partial charge on any atom is -0.330 e. The summed E-state index contributed by atoms with van der Waals surface area (Å²) in [6, 6.07) is 0. The monoisotopic (exact) mass is 265 g/mol. The zero-order valence-electron chi connectivity index (χ0n) is 12.4. The van der Waals surface area contributed by atoms with Gasteiger partial charge in [0.25, 0.3) is 0 Å². The maximum atomic E-state index is 5.99. The van der Waals surface area contributed by atoms with Crippen molar-refractivity contribution in [2.45, 2.75) is 44.9 Å². The van der Waals surface area contributed by atoms with E-state index in [1.54, 1.807) is 0 Å². The van der Waals surface area contributed by atoms with E-state index >= 15 is 0 Å². The third-order valence-electron chi connectivity index (χ3n) is 5.83. The average Bonchev–Trinajstić information content (AvgIpc) is 2.89. The molecule has 3 heteroatoms. The molecule has 2 aliphatic heterocycles. The first kappa shape index (κ1) is 13.8. The first-order valence-corrected chi connectivity index (χ1v) is 8.44. The Balaban J connectivity index is 1.39. The molecule has 3 fully saturated rings. The van der Waals surface area contributed by atoms with Gasteiger partial charge in [-0.15, -0.1) is 0 Å². The van der Waals surface area contributed by atoms with E-state index in [0.29, 0.717) is 5.41 Å². The van der Waals surface area contributed by atoms with Gasteiger partial charge in [0.1, 0.15) is 0 Å². The molecule has 3 nitrogen and oxygen atoms in total. The second-order valence-corrected chi connectivity index (χ2v) is 7.28. The van der Waals surface area contributed by atoms with Crippen molar-refractivity contribution in [3.05, 3.63) is 0 Å². The smallest absolute Gasteiger partial charge is 0.00501 e. The molecule has 0 spiro atoms. The lowest BCUT2D eigenvalue weighted by Crippen LogP contribution is -2.49. The maximum Gasteiger partial charge on any atom is 0.00501 e. The highest BCUT2D eigenvalue weighted by atomic mass is 15.2. The number of likely N-dealkylation sites (tertiary alicyclic amines) is 2. The summed E-state index contributed by atoms with van der Waals surface area (Å²) in [6.45, 7) is 8.91. The minimum atomic E-state index is 0.502. The van der Waals surface area contributed by atoms with Crippen molar-refractivity contribution >= 4 is 0 Å². The summed E-state index contributed by atoms with van der Waals surface area (Å²) in [6.07, 6.45) is 9.83. The first-order chi connectivity index (χ1) is 9.30. The van der Waals surface area contributed by atoms with Crippen molar-refractivity contribution in [1.82, 2.24) is 9.80 Å². The molecule has 2 N–H and O–H groups in total. The van der Waals surface area contributed by atoms with E-state index in [2.05, 4.69) is 9.80 Å². The van der Waals surface area contributed by atoms with Crippen molar-refractivity contribution in [3.8, 4) is 0 Å². The summed E-state index contributed by atoms with van der Waals surface area (Å²) < 4.78 is 0. The molecule has 0 radical (unpaired) electrons. The molecule has 2 saturated heterocycles. The Morgan fingerprint density at radius 2 is 1.58 bits per heavy atom. The summed E-state index contributed by atoms with van der Waals surface area (Å²) in [5.41, 5.74) is 6.49. The Bertz CT molecular complexity index is 268. The van der Waals surface area contributed by atoms with E-state index in [4.69, 9.17) is 5.73 Å². The lowest BCUT2D eigenvalue weighted by molar-refractivity contribution is 0.0514. The maximum absolute atomic E-state index is 5.99. The first-order valence-electron chi connectivity index (χ1n) is 8.44. The lowest BCUT2D eigenvalue weighted by Gasteiger charge is -2.46. The summed E-state index contributed by atoms with van der Waals surface area (Å²) in [5.74, 6) is 0.963. The molecular weight excluding hydrogens is 234 g/mol. The van der Waals surface area contributed by atoms with E-state index in [0.717, 1.165) is 12.5 Å². The van der Waals surface area contributed by atoms with Crippen molar-refractivity contribution in [2.75, 3.05) is 45.8 Å². The third-order valence-corrected chi connectivity index (χ3v) is 5.83. The van der Waals surface area contributed by atoms with Crippen LogP contribution in [0.1, 0.15) is 44.9 Å². The fraction of sp³-hybridized carbons (Fsp3) is 1.00. The molecule has 3 aliphatic rings. The highest BCUT2D eigenvalue weighted by molar-refractivity contribution is 4.92. The van der Waals surface area contributed by atoms with Gasteiger partial charge in [-0.2, -0.15) is 0 Å². The molecule has 2 heterocycles. The van der Waals surface area contributed by atoms with Crippen LogP contribution in [-0.2, 0) is 0 Å². The van der Waals surface area contributed by atoms with Gasteiger partial charge in [-0.1, -0.05) is 6.42 Å². The van der Waals surface area contributed by atoms with Crippen LogP contribution >= 0.6 is 0 Å². The number of hydrogen-bond donors (Lipinski definition) is 1. The predicted octanol–water partition coefficient (Wildman–Crippen LogP) is 1.92. The van der Waals surface area contributed by atoms with Gasteiger partial charge in [-0.25, -0.2) is 0 Å². The van der Waals surface area contributed by atoms with Crippen LogP contribution in [0.2, 0.25) is 0 Å². The number of hydrogen-bond acceptors (Lipinski definition) is 3. The topological polar surface area (TPSA) is 32.5 Å². The summed E-state index contributed by atoms with van der Waals surface area (Å²) >= 11 is 0. The predicted molar refractivity (Wildman–Crippen MR) is 80.2 cm³/mol. The Hall–Kier alpha value is -0.120. The zero-order valence-corrected chi connectivity index (χ0v) is 12.4. The summed E-state index contributed by atoms with van der Waals surface area (Å²) in [4.78, 5) is 5.39. The second-order valence-electron chi connectivity index (χ2n) is 7.28. The zero-order chi connectivity index (χ0) is 13.1. The van der Waals surface area contributed by atoms with Crippen LogP contribution in [0.25, 0.3) is 0 Å². The van der Waals surface area contributed by atoms with Gasteiger partial charge in [-0.05, 0) is 82.6 Å². The van der Waals surface area contributed by atoms with Gasteiger partial charge in [0.15, 0.2) is 0 Å². The normalized spacial score (nSPS) is 29.5. The van der Waals surface area contributed by atoms with E-state index < -0.39 is 0 Å². The van der Waals surface area contributed by atoms with Gasteiger partial charge in [0.05, 0.1) is 0 Å². The molecule has 19 heavy (non-hydrogen) atoms. The summed E-state index contributed by atoms with van der Waals surface area (Å²) in [7, 11) is 0. The molecule has 3 rings (SSSR count).